The number of amides is 1. The fourth-order valence-corrected chi connectivity index (χ4v) is 2.52. The van der Waals surface area contributed by atoms with Crippen LogP contribution < -0.4 is 5.73 Å². The molecule has 1 heterocycles. The van der Waals surface area contributed by atoms with Crippen molar-refractivity contribution in [3.63, 3.8) is 0 Å². The Labute approximate surface area is 111 Å². The van der Waals surface area contributed by atoms with E-state index < -0.39 is 0 Å². The van der Waals surface area contributed by atoms with Crippen LogP contribution in [0.4, 0.5) is 0 Å². The summed E-state index contributed by atoms with van der Waals surface area (Å²) in [5, 5.41) is 9.41. The molecule has 0 aromatic heterocycles. The van der Waals surface area contributed by atoms with Crippen LogP contribution >= 0.6 is 12.2 Å². The van der Waals surface area contributed by atoms with E-state index in [1.807, 2.05) is 0 Å². The number of rotatable bonds is 2. The number of aromatic hydroxyl groups is 1. The molecular formula is C13H16N2O2S. The number of phenolic OH excluding ortho intramolecular Hbond substituents is 1. The maximum absolute atomic E-state index is 12.4. The number of hydrogen-bond donors (Lipinski definition) is 2. The third-order valence-electron chi connectivity index (χ3n) is 3.19. The number of carbonyl (C=O) groups excluding carboxylic acids is 1. The van der Waals surface area contributed by atoms with Crippen LogP contribution in [-0.2, 0) is 0 Å². The number of likely N-dealkylation sites (tertiary alicyclic amines) is 1. The van der Waals surface area contributed by atoms with E-state index in [4.69, 9.17) is 18.0 Å². The molecule has 1 aliphatic rings. The van der Waals surface area contributed by atoms with Gasteiger partial charge in [0.05, 0.1) is 11.0 Å². The Morgan fingerprint density at radius 3 is 2.89 bits per heavy atom. The molecule has 96 valence electrons. The van der Waals surface area contributed by atoms with Crippen LogP contribution in [0.1, 0.15) is 29.6 Å². The first-order chi connectivity index (χ1) is 8.59. The molecular weight excluding hydrogens is 248 g/mol. The first kappa shape index (κ1) is 12.8. The summed E-state index contributed by atoms with van der Waals surface area (Å²) >= 11 is 5.02. The molecule has 0 bridgehead atoms. The number of carbonyl (C=O) groups is 1. The summed E-state index contributed by atoms with van der Waals surface area (Å²) < 4.78 is 0. The van der Waals surface area contributed by atoms with Gasteiger partial charge >= 0.3 is 0 Å². The highest BCUT2D eigenvalue weighted by atomic mass is 32.1. The van der Waals surface area contributed by atoms with Crippen LogP contribution in [0.15, 0.2) is 24.3 Å². The lowest BCUT2D eigenvalue weighted by atomic mass is 10.0. The average Bonchev–Trinajstić information content (AvgIpc) is 2.38. The fourth-order valence-electron chi connectivity index (χ4n) is 2.28. The van der Waals surface area contributed by atoms with Crippen molar-refractivity contribution in [2.75, 3.05) is 6.54 Å². The number of phenols is 1. The van der Waals surface area contributed by atoms with Crippen molar-refractivity contribution >= 4 is 23.1 Å². The minimum Gasteiger partial charge on any atom is -0.508 e. The molecule has 1 amide bonds. The van der Waals surface area contributed by atoms with Gasteiger partial charge in [-0.1, -0.05) is 18.3 Å². The molecule has 0 spiro atoms. The number of nitrogens with zero attached hydrogens (tertiary/aromatic N) is 1. The van der Waals surface area contributed by atoms with Gasteiger partial charge < -0.3 is 15.7 Å². The highest BCUT2D eigenvalue weighted by Gasteiger charge is 2.29. The largest absolute Gasteiger partial charge is 0.508 e. The monoisotopic (exact) mass is 264 g/mol. The van der Waals surface area contributed by atoms with E-state index >= 15 is 0 Å². The van der Waals surface area contributed by atoms with Crippen molar-refractivity contribution in [1.29, 1.82) is 0 Å². The highest BCUT2D eigenvalue weighted by molar-refractivity contribution is 7.80. The van der Waals surface area contributed by atoms with Gasteiger partial charge in [-0.15, -0.1) is 0 Å². The normalized spacial score (nSPS) is 19.6. The number of hydrogen-bond acceptors (Lipinski definition) is 3. The predicted molar refractivity (Wildman–Crippen MR) is 73.6 cm³/mol. The van der Waals surface area contributed by atoms with E-state index in [0.29, 0.717) is 17.1 Å². The molecule has 18 heavy (non-hydrogen) atoms. The Bertz CT molecular complexity index is 476. The molecule has 1 aromatic carbocycles. The topological polar surface area (TPSA) is 66.6 Å². The number of nitrogens with two attached hydrogens (primary N) is 1. The molecule has 1 saturated heterocycles. The third kappa shape index (κ3) is 2.61. The van der Waals surface area contributed by atoms with Gasteiger partial charge in [-0.25, -0.2) is 0 Å². The first-order valence-corrected chi connectivity index (χ1v) is 6.40. The Morgan fingerprint density at radius 1 is 1.44 bits per heavy atom. The van der Waals surface area contributed by atoms with Crippen LogP contribution in [-0.4, -0.2) is 33.5 Å². The molecule has 2 rings (SSSR count). The Kier molecular flexibility index (Phi) is 3.81. The Hall–Kier alpha value is -1.62. The van der Waals surface area contributed by atoms with Gasteiger partial charge in [-0.3, -0.25) is 4.79 Å². The molecule has 0 radical (unpaired) electrons. The first-order valence-electron chi connectivity index (χ1n) is 5.99. The summed E-state index contributed by atoms with van der Waals surface area (Å²) in [7, 11) is 0. The zero-order valence-corrected chi connectivity index (χ0v) is 10.8. The summed E-state index contributed by atoms with van der Waals surface area (Å²) in [4.78, 5) is 14.4. The van der Waals surface area contributed by atoms with Crippen molar-refractivity contribution in [1.82, 2.24) is 4.90 Å². The van der Waals surface area contributed by atoms with Crippen LogP contribution in [0.5, 0.6) is 5.75 Å². The summed E-state index contributed by atoms with van der Waals surface area (Å²) in [6, 6.07) is 6.19. The molecule has 0 aliphatic carbocycles. The van der Waals surface area contributed by atoms with E-state index in [0.717, 1.165) is 19.3 Å². The van der Waals surface area contributed by atoms with E-state index in [-0.39, 0.29) is 17.7 Å². The van der Waals surface area contributed by atoms with Crippen molar-refractivity contribution < 1.29 is 9.90 Å². The van der Waals surface area contributed by atoms with Gasteiger partial charge in [0.1, 0.15) is 5.75 Å². The molecule has 1 aromatic rings. The molecule has 1 fully saturated rings. The molecule has 5 heteroatoms. The van der Waals surface area contributed by atoms with Crippen LogP contribution in [0.3, 0.4) is 0 Å². The zero-order chi connectivity index (χ0) is 13.1. The van der Waals surface area contributed by atoms with Crippen LogP contribution in [0.2, 0.25) is 0 Å². The summed E-state index contributed by atoms with van der Waals surface area (Å²) in [5.41, 5.74) is 6.16. The molecule has 1 aliphatic heterocycles. The standard InChI is InChI=1S/C13H16N2O2S/c14-12(18)11-6-1-2-7-15(11)13(17)9-4-3-5-10(16)8-9/h3-5,8,11,16H,1-2,6-7H2,(H2,14,18). The molecule has 0 saturated carbocycles. The summed E-state index contributed by atoms with van der Waals surface area (Å²) in [6.07, 6.45) is 2.81. The van der Waals surface area contributed by atoms with Crippen molar-refractivity contribution in [3.8, 4) is 5.75 Å². The average molecular weight is 264 g/mol. The molecule has 4 nitrogen and oxygen atoms in total. The minimum absolute atomic E-state index is 0.0877. The minimum atomic E-state index is -0.163. The van der Waals surface area contributed by atoms with Crippen LogP contribution in [0.25, 0.3) is 0 Å². The van der Waals surface area contributed by atoms with Gasteiger partial charge in [0, 0.05) is 12.1 Å². The van der Waals surface area contributed by atoms with E-state index in [1.54, 1.807) is 17.0 Å². The lowest BCUT2D eigenvalue weighted by molar-refractivity contribution is 0.0681. The van der Waals surface area contributed by atoms with Gasteiger partial charge in [0.15, 0.2) is 0 Å². The SMILES string of the molecule is NC(=S)C1CCCCN1C(=O)c1cccc(O)c1. The highest BCUT2D eigenvalue weighted by Crippen LogP contribution is 2.21. The van der Waals surface area contributed by atoms with E-state index in [9.17, 15) is 9.90 Å². The third-order valence-corrected chi connectivity index (χ3v) is 3.46. The van der Waals surface area contributed by atoms with Gasteiger partial charge in [-0.2, -0.15) is 0 Å². The number of thiocarbonyl (C=S) groups is 1. The molecule has 1 unspecified atom stereocenters. The number of piperidine rings is 1. The fraction of sp³-hybridized carbons (Fsp3) is 0.385. The Balaban J connectivity index is 2.23. The van der Waals surface area contributed by atoms with E-state index in [2.05, 4.69) is 0 Å². The van der Waals surface area contributed by atoms with Gasteiger partial charge in [0.2, 0.25) is 0 Å². The lowest BCUT2D eigenvalue weighted by Gasteiger charge is -2.35. The smallest absolute Gasteiger partial charge is 0.254 e. The van der Waals surface area contributed by atoms with Gasteiger partial charge in [-0.05, 0) is 37.5 Å². The molecule has 3 N–H and O–H groups in total. The van der Waals surface area contributed by atoms with Crippen molar-refractivity contribution in [2.45, 2.75) is 25.3 Å². The van der Waals surface area contributed by atoms with E-state index in [1.165, 1.54) is 12.1 Å². The second kappa shape index (κ2) is 5.35. The summed E-state index contributed by atoms with van der Waals surface area (Å²) in [5.74, 6) is -0.0341. The lowest BCUT2D eigenvalue weighted by Crippen LogP contribution is -2.49. The molecule has 1 atom stereocenters. The number of benzene rings is 1. The second-order valence-corrected chi connectivity index (χ2v) is 4.93. The Morgan fingerprint density at radius 2 is 2.22 bits per heavy atom. The van der Waals surface area contributed by atoms with Crippen LogP contribution in [0, 0.1) is 0 Å². The summed E-state index contributed by atoms with van der Waals surface area (Å²) in [6.45, 7) is 0.663. The maximum atomic E-state index is 12.4. The predicted octanol–water partition coefficient (Wildman–Crippen LogP) is 1.67. The quantitative estimate of drug-likeness (QED) is 0.797. The van der Waals surface area contributed by atoms with Crippen molar-refractivity contribution in [2.24, 2.45) is 5.73 Å². The maximum Gasteiger partial charge on any atom is 0.254 e. The van der Waals surface area contributed by atoms with Crippen molar-refractivity contribution in [3.05, 3.63) is 29.8 Å². The second-order valence-electron chi connectivity index (χ2n) is 4.46. The van der Waals surface area contributed by atoms with Gasteiger partial charge in [0.25, 0.3) is 5.91 Å². The zero-order valence-electron chi connectivity index (χ0n) is 10.0.